The first-order valence-electron chi connectivity index (χ1n) is 5.55. The van der Waals surface area contributed by atoms with Crippen LogP contribution in [0.2, 0.25) is 0 Å². The molecule has 0 aromatic heterocycles. The first kappa shape index (κ1) is 10.1. The highest BCUT2D eigenvalue weighted by Crippen LogP contribution is 2.17. The first-order chi connectivity index (χ1) is 7.31. The predicted octanol–water partition coefficient (Wildman–Crippen LogP) is 2.64. The second kappa shape index (κ2) is 4.39. The summed E-state index contributed by atoms with van der Waals surface area (Å²) >= 11 is 0. The minimum atomic E-state index is 0.482. The van der Waals surface area contributed by atoms with Crippen LogP contribution in [0.4, 0.5) is 0 Å². The normalized spacial score (nSPS) is 20.0. The Morgan fingerprint density at radius 3 is 2.33 bits per heavy atom. The van der Waals surface area contributed by atoms with Crippen molar-refractivity contribution in [2.75, 3.05) is 6.54 Å². The van der Waals surface area contributed by atoms with Gasteiger partial charge in [0.25, 0.3) is 0 Å². The maximum Gasteiger partial charge on any atom is 0.0981 e. The summed E-state index contributed by atoms with van der Waals surface area (Å²) in [4.78, 5) is 4.70. The number of nitrogens with zero attached hydrogens (tertiary/aromatic N) is 2. The third kappa shape index (κ3) is 2.14. The van der Waals surface area contributed by atoms with Crippen molar-refractivity contribution in [2.24, 2.45) is 0 Å². The molecule has 80 valence electrons. The van der Waals surface area contributed by atoms with Gasteiger partial charge in [-0.25, -0.2) is 0 Å². The van der Waals surface area contributed by atoms with Crippen molar-refractivity contribution in [3.63, 3.8) is 0 Å². The zero-order chi connectivity index (χ0) is 10.7. The second-order valence-electron chi connectivity index (χ2n) is 3.92. The average Bonchev–Trinajstić information content (AvgIpc) is 2.62. The predicted molar refractivity (Wildman–Crippen MR) is 63.0 cm³/mol. The molecule has 2 heteroatoms. The summed E-state index contributed by atoms with van der Waals surface area (Å²) < 4.78 is 0. The summed E-state index contributed by atoms with van der Waals surface area (Å²) in [6.45, 7) is 6.50. The van der Waals surface area contributed by atoms with Gasteiger partial charge in [-0.3, -0.25) is 0 Å². The van der Waals surface area contributed by atoms with Crippen LogP contribution >= 0.6 is 0 Å². The van der Waals surface area contributed by atoms with Gasteiger partial charge in [-0.1, -0.05) is 30.3 Å². The number of hydrogen-bond acceptors (Lipinski definition) is 2. The van der Waals surface area contributed by atoms with E-state index in [4.69, 9.17) is 0 Å². The average molecular weight is 202 g/mol. The highest BCUT2D eigenvalue weighted by atomic mass is 15.4. The molecular formula is C13H18N2. The van der Waals surface area contributed by atoms with E-state index in [0.717, 1.165) is 13.1 Å². The molecule has 1 aliphatic heterocycles. The summed E-state index contributed by atoms with van der Waals surface area (Å²) in [5.41, 5.74) is 1.37. The number of benzene rings is 1. The van der Waals surface area contributed by atoms with Crippen LogP contribution in [0.5, 0.6) is 0 Å². The molecule has 0 saturated carbocycles. The monoisotopic (exact) mass is 202 g/mol. The Morgan fingerprint density at radius 2 is 1.73 bits per heavy atom. The van der Waals surface area contributed by atoms with Crippen molar-refractivity contribution in [1.82, 2.24) is 9.80 Å². The lowest BCUT2D eigenvalue weighted by Crippen LogP contribution is -2.35. The van der Waals surface area contributed by atoms with Crippen molar-refractivity contribution in [3.05, 3.63) is 48.3 Å². The molecule has 0 aliphatic carbocycles. The topological polar surface area (TPSA) is 6.48 Å². The van der Waals surface area contributed by atoms with E-state index in [1.165, 1.54) is 5.56 Å². The maximum absolute atomic E-state index is 2.36. The summed E-state index contributed by atoms with van der Waals surface area (Å²) in [7, 11) is 0. The van der Waals surface area contributed by atoms with Gasteiger partial charge in [0.05, 0.1) is 6.17 Å². The van der Waals surface area contributed by atoms with E-state index in [1.54, 1.807) is 0 Å². The molecule has 0 N–H and O–H groups in total. The van der Waals surface area contributed by atoms with Gasteiger partial charge in [-0.2, -0.15) is 0 Å². The highest BCUT2D eigenvalue weighted by Gasteiger charge is 2.19. The molecule has 1 aromatic carbocycles. The molecule has 2 nitrogen and oxygen atoms in total. The van der Waals surface area contributed by atoms with Crippen LogP contribution in [0.25, 0.3) is 0 Å². The van der Waals surface area contributed by atoms with E-state index in [-0.39, 0.29) is 0 Å². The first-order valence-corrected chi connectivity index (χ1v) is 5.55. The zero-order valence-electron chi connectivity index (χ0n) is 9.43. The Labute approximate surface area is 91.8 Å². The van der Waals surface area contributed by atoms with Gasteiger partial charge in [-0.15, -0.1) is 0 Å². The van der Waals surface area contributed by atoms with Gasteiger partial charge >= 0.3 is 0 Å². The molecule has 0 amide bonds. The highest BCUT2D eigenvalue weighted by molar-refractivity contribution is 5.15. The third-order valence-corrected chi connectivity index (χ3v) is 2.98. The SMILES string of the molecule is CCN1C=CN(Cc2ccccc2)C1C. The minimum absolute atomic E-state index is 0.482. The van der Waals surface area contributed by atoms with E-state index in [1.807, 2.05) is 0 Å². The van der Waals surface area contributed by atoms with Gasteiger partial charge in [0, 0.05) is 25.5 Å². The molecule has 1 aromatic rings. The summed E-state index contributed by atoms with van der Waals surface area (Å²) in [6.07, 6.45) is 4.84. The van der Waals surface area contributed by atoms with Crippen LogP contribution in [-0.4, -0.2) is 22.5 Å². The van der Waals surface area contributed by atoms with Gasteiger partial charge < -0.3 is 9.80 Å². The molecule has 0 spiro atoms. The smallest absolute Gasteiger partial charge is 0.0981 e. The molecule has 1 atom stereocenters. The van der Waals surface area contributed by atoms with E-state index >= 15 is 0 Å². The standard InChI is InChI=1S/C13H18N2/c1-3-14-9-10-15(12(14)2)11-13-7-5-4-6-8-13/h4-10,12H,3,11H2,1-2H3. The molecule has 0 radical (unpaired) electrons. The van der Waals surface area contributed by atoms with Crippen LogP contribution in [0.1, 0.15) is 19.4 Å². The van der Waals surface area contributed by atoms with E-state index in [0.29, 0.717) is 6.17 Å². The fourth-order valence-corrected chi connectivity index (χ4v) is 1.96. The number of rotatable bonds is 3. The summed E-state index contributed by atoms with van der Waals surface area (Å²) in [6, 6.07) is 10.6. The Balaban J connectivity index is 2.00. The van der Waals surface area contributed by atoms with Crippen LogP contribution < -0.4 is 0 Å². The van der Waals surface area contributed by atoms with Crippen LogP contribution in [-0.2, 0) is 6.54 Å². The Morgan fingerprint density at radius 1 is 1.07 bits per heavy atom. The van der Waals surface area contributed by atoms with Gasteiger partial charge in [-0.05, 0) is 19.4 Å². The fourth-order valence-electron chi connectivity index (χ4n) is 1.96. The summed E-state index contributed by atoms with van der Waals surface area (Å²) in [5.74, 6) is 0. The molecule has 0 bridgehead atoms. The molecule has 0 saturated heterocycles. The largest absolute Gasteiger partial charge is 0.357 e. The maximum atomic E-state index is 2.36. The molecule has 1 unspecified atom stereocenters. The molecular weight excluding hydrogens is 184 g/mol. The van der Waals surface area contributed by atoms with Crippen molar-refractivity contribution in [2.45, 2.75) is 26.6 Å². The van der Waals surface area contributed by atoms with Crippen LogP contribution in [0.3, 0.4) is 0 Å². The molecule has 0 fully saturated rings. The zero-order valence-corrected chi connectivity index (χ0v) is 9.43. The Bertz CT molecular complexity index is 332. The van der Waals surface area contributed by atoms with Gasteiger partial charge in [0.1, 0.15) is 0 Å². The lowest BCUT2D eigenvalue weighted by Gasteiger charge is -2.28. The van der Waals surface area contributed by atoms with Crippen molar-refractivity contribution in [3.8, 4) is 0 Å². The van der Waals surface area contributed by atoms with E-state index in [9.17, 15) is 0 Å². The number of hydrogen-bond donors (Lipinski definition) is 0. The van der Waals surface area contributed by atoms with Crippen molar-refractivity contribution in [1.29, 1.82) is 0 Å². The van der Waals surface area contributed by atoms with Crippen molar-refractivity contribution >= 4 is 0 Å². The van der Waals surface area contributed by atoms with Gasteiger partial charge in [0.15, 0.2) is 0 Å². The molecule has 1 heterocycles. The third-order valence-electron chi connectivity index (χ3n) is 2.98. The van der Waals surface area contributed by atoms with Gasteiger partial charge in [0.2, 0.25) is 0 Å². The lowest BCUT2D eigenvalue weighted by molar-refractivity contribution is 0.170. The summed E-state index contributed by atoms with van der Waals surface area (Å²) in [5, 5.41) is 0. The van der Waals surface area contributed by atoms with E-state index in [2.05, 4.69) is 66.4 Å². The fraction of sp³-hybridized carbons (Fsp3) is 0.385. The van der Waals surface area contributed by atoms with Crippen molar-refractivity contribution < 1.29 is 0 Å². The van der Waals surface area contributed by atoms with Crippen LogP contribution in [0.15, 0.2) is 42.7 Å². The molecule has 1 aliphatic rings. The second-order valence-corrected chi connectivity index (χ2v) is 3.92. The lowest BCUT2D eigenvalue weighted by atomic mass is 10.2. The quantitative estimate of drug-likeness (QED) is 0.743. The Kier molecular flexibility index (Phi) is 2.95. The molecule has 15 heavy (non-hydrogen) atoms. The van der Waals surface area contributed by atoms with E-state index < -0.39 is 0 Å². The van der Waals surface area contributed by atoms with Crippen LogP contribution in [0, 0.1) is 0 Å². The molecule has 2 rings (SSSR count). The minimum Gasteiger partial charge on any atom is -0.357 e. The Hall–Kier alpha value is -1.44.